The van der Waals surface area contributed by atoms with Crippen LogP contribution in [0.5, 0.6) is 5.75 Å². The molecule has 9 heteroatoms. The summed E-state index contributed by atoms with van der Waals surface area (Å²) in [6.07, 6.45) is 0. The summed E-state index contributed by atoms with van der Waals surface area (Å²) < 4.78 is 38.9. The number of aryl methyl sites for hydroxylation is 1. The summed E-state index contributed by atoms with van der Waals surface area (Å²) in [7, 11) is -2.73. The minimum atomic E-state index is -4.07. The van der Waals surface area contributed by atoms with Gasteiger partial charge in [0.1, 0.15) is 10.6 Å². The van der Waals surface area contributed by atoms with Gasteiger partial charge in [-0.05, 0) is 49.7 Å². The molecule has 8 nitrogen and oxygen atoms in total. The number of benzene rings is 3. The molecular weight excluding hydrogens is 468 g/mol. The molecule has 0 heterocycles. The van der Waals surface area contributed by atoms with Crippen LogP contribution in [0.25, 0.3) is 0 Å². The maximum atomic E-state index is 13.0. The summed E-state index contributed by atoms with van der Waals surface area (Å²) in [6.45, 7) is 4.10. The molecule has 0 aliphatic heterocycles. The monoisotopic (exact) mass is 496 g/mol. The lowest BCUT2D eigenvalue weighted by Crippen LogP contribution is -2.34. The Balaban J connectivity index is 1.72. The van der Waals surface area contributed by atoms with Gasteiger partial charge in [0.05, 0.1) is 12.7 Å². The first-order valence-corrected chi connectivity index (χ1v) is 12.5. The molecule has 0 spiro atoms. The smallest absolute Gasteiger partial charge is 0.338 e. The van der Waals surface area contributed by atoms with E-state index >= 15 is 0 Å². The molecule has 0 unspecified atom stereocenters. The number of nitrogens with zero attached hydrogens (tertiary/aromatic N) is 1. The lowest BCUT2D eigenvalue weighted by Gasteiger charge is -2.21. The Morgan fingerprint density at radius 2 is 1.66 bits per heavy atom. The van der Waals surface area contributed by atoms with Crippen molar-refractivity contribution in [1.29, 1.82) is 0 Å². The van der Waals surface area contributed by atoms with Crippen LogP contribution in [0.1, 0.15) is 28.4 Å². The first-order chi connectivity index (χ1) is 16.7. The van der Waals surface area contributed by atoms with Crippen LogP contribution in [0.3, 0.4) is 0 Å². The van der Waals surface area contributed by atoms with Crippen molar-refractivity contribution < 1.29 is 27.5 Å². The van der Waals surface area contributed by atoms with E-state index in [4.69, 9.17) is 9.47 Å². The summed E-state index contributed by atoms with van der Waals surface area (Å²) in [4.78, 5) is 26.6. The number of sulfonamides is 1. The van der Waals surface area contributed by atoms with Crippen molar-refractivity contribution in [3.8, 4) is 5.75 Å². The number of nitrogens with one attached hydrogen (secondary N) is 1. The number of ether oxygens (including phenoxy) is 2. The number of rotatable bonds is 10. The Morgan fingerprint density at radius 1 is 0.971 bits per heavy atom. The van der Waals surface area contributed by atoms with Crippen LogP contribution in [0, 0.1) is 6.92 Å². The molecule has 0 aromatic heterocycles. The van der Waals surface area contributed by atoms with Crippen LogP contribution in [-0.4, -0.2) is 45.5 Å². The number of hydrogen-bond acceptors (Lipinski definition) is 6. The van der Waals surface area contributed by atoms with Crippen molar-refractivity contribution in [2.75, 3.05) is 25.0 Å². The van der Waals surface area contributed by atoms with E-state index in [0.29, 0.717) is 18.8 Å². The molecular formula is C26H28N2O6S. The SMILES string of the molecule is CCN(Cc1ccccc1)C(=O)COC(=O)c1ccc(OC)c(S(=O)(=O)Nc2ccc(C)cc2)c1. The third kappa shape index (κ3) is 6.83. The zero-order chi connectivity index (χ0) is 25.4. The van der Waals surface area contributed by atoms with Gasteiger partial charge in [0, 0.05) is 18.8 Å². The number of anilines is 1. The van der Waals surface area contributed by atoms with Crippen LogP contribution in [0.15, 0.2) is 77.7 Å². The molecule has 0 saturated carbocycles. The number of methoxy groups -OCH3 is 1. The molecule has 1 amide bonds. The molecule has 0 bridgehead atoms. The molecule has 0 radical (unpaired) electrons. The van der Waals surface area contributed by atoms with Crippen LogP contribution >= 0.6 is 0 Å². The molecule has 3 rings (SSSR count). The van der Waals surface area contributed by atoms with Gasteiger partial charge < -0.3 is 14.4 Å². The number of esters is 1. The van der Waals surface area contributed by atoms with Crippen molar-refractivity contribution in [3.63, 3.8) is 0 Å². The Kier molecular flexibility index (Phi) is 8.48. The molecule has 35 heavy (non-hydrogen) atoms. The van der Waals surface area contributed by atoms with Gasteiger partial charge in [-0.15, -0.1) is 0 Å². The third-order valence-corrected chi connectivity index (χ3v) is 6.67. The molecule has 3 aromatic carbocycles. The van der Waals surface area contributed by atoms with Gasteiger partial charge in [0.2, 0.25) is 0 Å². The number of amides is 1. The standard InChI is InChI=1S/C26H28N2O6S/c1-4-28(17-20-8-6-5-7-9-20)25(29)18-34-26(30)21-12-15-23(33-3)24(16-21)35(31,32)27-22-13-10-19(2)11-14-22/h5-16,27H,4,17-18H2,1-3H3. The second kappa shape index (κ2) is 11.5. The highest BCUT2D eigenvalue weighted by Gasteiger charge is 2.23. The average Bonchev–Trinajstić information content (AvgIpc) is 2.87. The molecule has 0 aliphatic rings. The molecule has 0 fully saturated rings. The molecule has 184 valence electrons. The largest absolute Gasteiger partial charge is 0.495 e. The fraction of sp³-hybridized carbons (Fsp3) is 0.231. The number of carbonyl (C=O) groups is 2. The van der Waals surface area contributed by atoms with E-state index in [1.165, 1.54) is 25.3 Å². The lowest BCUT2D eigenvalue weighted by molar-refractivity contribution is -0.134. The van der Waals surface area contributed by atoms with Gasteiger partial charge in [-0.2, -0.15) is 0 Å². The van der Waals surface area contributed by atoms with Crippen molar-refractivity contribution in [1.82, 2.24) is 4.90 Å². The van der Waals surface area contributed by atoms with E-state index in [1.807, 2.05) is 44.2 Å². The fourth-order valence-electron chi connectivity index (χ4n) is 3.33. The number of hydrogen-bond donors (Lipinski definition) is 1. The predicted molar refractivity (Wildman–Crippen MR) is 133 cm³/mol. The van der Waals surface area contributed by atoms with Gasteiger partial charge in [0.15, 0.2) is 6.61 Å². The normalized spacial score (nSPS) is 10.9. The first kappa shape index (κ1) is 25.8. The molecule has 3 aromatic rings. The first-order valence-electron chi connectivity index (χ1n) is 11.0. The second-order valence-electron chi connectivity index (χ2n) is 7.81. The van der Waals surface area contributed by atoms with E-state index in [0.717, 1.165) is 11.1 Å². The number of likely N-dealkylation sites (N-methyl/N-ethyl adjacent to an activating group) is 1. The van der Waals surface area contributed by atoms with E-state index in [-0.39, 0.29) is 22.1 Å². The maximum Gasteiger partial charge on any atom is 0.338 e. The highest BCUT2D eigenvalue weighted by Crippen LogP contribution is 2.27. The third-order valence-electron chi connectivity index (χ3n) is 5.27. The zero-order valence-electron chi connectivity index (χ0n) is 19.9. The van der Waals surface area contributed by atoms with E-state index in [2.05, 4.69) is 4.72 Å². The molecule has 0 aliphatic carbocycles. The summed E-state index contributed by atoms with van der Waals surface area (Å²) in [6, 6.07) is 20.2. The fourth-order valence-corrected chi connectivity index (χ4v) is 4.58. The summed E-state index contributed by atoms with van der Waals surface area (Å²) in [5, 5.41) is 0. The minimum Gasteiger partial charge on any atom is -0.495 e. The Labute approximate surface area is 205 Å². The van der Waals surface area contributed by atoms with Gasteiger partial charge in [-0.25, -0.2) is 13.2 Å². The van der Waals surface area contributed by atoms with Gasteiger partial charge in [-0.1, -0.05) is 48.0 Å². The van der Waals surface area contributed by atoms with Gasteiger partial charge >= 0.3 is 5.97 Å². The van der Waals surface area contributed by atoms with E-state index in [1.54, 1.807) is 29.2 Å². The number of carbonyl (C=O) groups excluding carboxylic acids is 2. The van der Waals surface area contributed by atoms with E-state index < -0.39 is 22.6 Å². The van der Waals surface area contributed by atoms with Crippen LogP contribution in [0.4, 0.5) is 5.69 Å². The van der Waals surface area contributed by atoms with E-state index in [9.17, 15) is 18.0 Å². The Morgan fingerprint density at radius 3 is 2.29 bits per heavy atom. The minimum absolute atomic E-state index is 0.0195. The summed E-state index contributed by atoms with van der Waals surface area (Å²) in [5.74, 6) is -1.10. The van der Waals surface area contributed by atoms with Gasteiger partial charge in [0.25, 0.3) is 15.9 Å². The highest BCUT2D eigenvalue weighted by molar-refractivity contribution is 7.92. The summed E-state index contributed by atoms with van der Waals surface area (Å²) >= 11 is 0. The van der Waals surface area contributed by atoms with Crippen LogP contribution in [-0.2, 0) is 26.1 Å². The van der Waals surface area contributed by atoms with Gasteiger partial charge in [-0.3, -0.25) is 9.52 Å². The predicted octanol–water partition coefficient (Wildman–Crippen LogP) is 4.01. The summed E-state index contributed by atoms with van der Waals surface area (Å²) in [5.41, 5.74) is 2.29. The second-order valence-corrected chi connectivity index (χ2v) is 9.46. The zero-order valence-corrected chi connectivity index (χ0v) is 20.7. The van der Waals surface area contributed by atoms with Crippen molar-refractivity contribution in [2.24, 2.45) is 0 Å². The molecule has 0 saturated heterocycles. The average molecular weight is 497 g/mol. The lowest BCUT2D eigenvalue weighted by atomic mass is 10.2. The van der Waals surface area contributed by atoms with Crippen LogP contribution < -0.4 is 9.46 Å². The Bertz CT molecular complexity index is 1270. The van der Waals surface area contributed by atoms with Crippen molar-refractivity contribution >= 4 is 27.6 Å². The quantitative estimate of drug-likeness (QED) is 0.426. The van der Waals surface area contributed by atoms with Crippen molar-refractivity contribution in [2.45, 2.75) is 25.3 Å². The Hall–Kier alpha value is -3.85. The highest BCUT2D eigenvalue weighted by atomic mass is 32.2. The van der Waals surface area contributed by atoms with Crippen LogP contribution in [0.2, 0.25) is 0 Å². The van der Waals surface area contributed by atoms with Crippen molar-refractivity contribution in [3.05, 3.63) is 89.5 Å². The molecule has 0 atom stereocenters. The molecule has 1 N–H and O–H groups in total. The topological polar surface area (TPSA) is 102 Å². The maximum absolute atomic E-state index is 13.0.